The zero-order chi connectivity index (χ0) is 18.6. The van der Waals surface area contributed by atoms with Crippen LogP contribution in [0, 0.1) is 13.8 Å². The molecule has 0 aliphatic carbocycles. The maximum atomic E-state index is 13.3. The Balaban J connectivity index is 2.31. The number of aryl methyl sites for hydroxylation is 2. The molecule has 1 aromatic rings. The first kappa shape index (κ1) is 19.7. The third kappa shape index (κ3) is 4.52. The number of sulfonamides is 1. The Morgan fingerprint density at radius 3 is 2.44 bits per heavy atom. The normalized spacial score (nSPS) is 18.8. The Kier molecular flexibility index (Phi) is 6.46. The van der Waals surface area contributed by atoms with Crippen LogP contribution in [0.4, 0.5) is 0 Å². The summed E-state index contributed by atoms with van der Waals surface area (Å²) in [6, 6.07) is 3.36. The minimum atomic E-state index is -3.61. The number of hydrogen-bond acceptors (Lipinski definition) is 5. The van der Waals surface area contributed by atoms with Gasteiger partial charge in [-0.2, -0.15) is 4.31 Å². The van der Waals surface area contributed by atoms with Crippen LogP contribution in [0.15, 0.2) is 17.0 Å². The highest BCUT2D eigenvalue weighted by Gasteiger charge is 2.35. The highest BCUT2D eigenvalue weighted by molar-refractivity contribution is 7.89. The van der Waals surface area contributed by atoms with E-state index in [-0.39, 0.29) is 18.6 Å². The number of carbonyl (C=O) groups is 1. The molecule has 0 aromatic heterocycles. The SMILES string of the molecule is COc1cc(C)c(S(=O)(=O)N2CCCCC2CCOC(C)=O)c(C)c1. The molecule has 7 heteroatoms. The molecule has 1 aliphatic rings. The van der Waals surface area contributed by atoms with Gasteiger partial charge in [0.2, 0.25) is 10.0 Å². The van der Waals surface area contributed by atoms with E-state index in [1.807, 2.05) is 0 Å². The first-order valence-corrected chi connectivity index (χ1v) is 10.0. The van der Waals surface area contributed by atoms with Gasteiger partial charge in [-0.05, 0) is 56.4 Å². The van der Waals surface area contributed by atoms with Crippen molar-refractivity contribution in [1.29, 1.82) is 0 Å². The van der Waals surface area contributed by atoms with E-state index in [2.05, 4.69) is 0 Å². The predicted molar refractivity (Wildman–Crippen MR) is 95.2 cm³/mol. The van der Waals surface area contributed by atoms with Crippen LogP contribution >= 0.6 is 0 Å². The number of rotatable bonds is 6. The van der Waals surface area contributed by atoms with Crippen molar-refractivity contribution in [2.24, 2.45) is 0 Å². The zero-order valence-electron chi connectivity index (χ0n) is 15.4. The highest BCUT2D eigenvalue weighted by Crippen LogP contribution is 2.32. The number of benzene rings is 1. The Bertz CT molecular complexity index is 706. The lowest BCUT2D eigenvalue weighted by molar-refractivity contribution is -0.141. The fraction of sp³-hybridized carbons (Fsp3) is 0.611. The zero-order valence-corrected chi connectivity index (χ0v) is 16.2. The lowest BCUT2D eigenvalue weighted by Crippen LogP contribution is -2.44. The van der Waals surface area contributed by atoms with Crippen LogP contribution in [0.5, 0.6) is 5.75 Å². The van der Waals surface area contributed by atoms with Gasteiger partial charge in [-0.25, -0.2) is 8.42 Å². The van der Waals surface area contributed by atoms with Crippen molar-refractivity contribution in [3.05, 3.63) is 23.3 Å². The van der Waals surface area contributed by atoms with E-state index < -0.39 is 10.0 Å². The summed E-state index contributed by atoms with van der Waals surface area (Å²) in [6.07, 6.45) is 3.14. The van der Waals surface area contributed by atoms with Gasteiger partial charge in [0, 0.05) is 19.5 Å². The van der Waals surface area contributed by atoms with Crippen LogP contribution in [-0.4, -0.2) is 45.0 Å². The maximum Gasteiger partial charge on any atom is 0.302 e. The van der Waals surface area contributed by atoms with Gasteiger partial charge in [-0.1, -0.05) is 6.42 Å². The van der Waals surface area contributed by atoms with Crippen molar-refractivity contribution < 1.29 is 22.7 Å². The summed E-state index contributed by atoms with van der Waals surface area (Å²) in [5.41, 5.74) is 1.36. The molecular formula is C18H27NO5S. The first-order chi connectivity index (χ1) is 11.8. The molecule has 0 amide bonds. The van der Waals surface area contributed by atoms with Crippen LogP contribution in [0.2, 0.25) is 0 Å². The molecule has 1 aliphatic heterocycles. The molecule has 1 atom stereocenters. The van der Waals surface area contributed by atoms with Crippen molar-refractivity contribution in [1.82, 2.24) is 4.31 Å². The van der Waals surface area contributed by atoms with Gasteiger partial charge in [-0.15, -0.1) is 0 Å². The Morgan fingerprint density at radius 2 is 1.88 bits per heavy atom. The number of methoxy groups -OCH3 is 1. The predicted octanol–water partition coefficient (Wildman–Crippen LogP) is 2.81. The van der Waals surface area contributed by atoms with E-state index in [4.69, 9.17) is 9.47 Å². The quantitative estimate of drug-likeness (QED) is 0.721. The second-order valence-electron chi connectivity index (χ2n) is 6.48. The average molecular weight is 369 g/mol. The largest absolute Gasteiger partial charge is 0.497 e. The smallest absolute Gasteiger partial charge is 0.302 e. The second-order valence-corrected chi connectivity index (χ2v) is 8.31. The van der Waals surface area contributed by atoms with Crippen LogP contribution in [0.3, 0.4) is 0 Å². The summed E-state index contributed by atoms with van der Waals surface area (Å²) in [5.74, 6) is 0.311. The van der Waals surface area contributed by atoms with Crippen molar-refractivity contribution >= 4 is 16.0 Å². The van der Waals surface area contributed by atoms with Gasteiger partial charge in [-0.3, -0.25) is 4.79 Å². The molecule has 0 saturated carbocycles. The third-order valence-corrected chi connectivity index (χ3v) is 6.82. The van der Waals surface area contributed by atoms with Gasteiger partial charge in [0.25, 0.3) is 0 Å². The van der Waals surface area contributed by atoms with Crippen molar-refractivity contribution in [3.8, 4) is 5.75 Å². The van der Waals surface area contributed by atoms with Crippen LogP contribution in [0.1, 0.15) is 43.7 Å². The lowest BCUT2D eigenvalue weighted by Gasteiger charge is -2.35. The van der Waals surface area contributed by atoms with E-state index in [1.54, 1.807) is 37.4 Å². The average Bonchev–Trinajstić information content (AvgIpc) is 2.53. The summed E-state index contributed by atoms with van der Waals surface area (Å²) in [6.45, 7) is 5.68. The molecule has 0 radical (unpaired) electrons. The summed E-state index contributed by atoms with van der Waals surface area (Å²) >= 11 is 0. The fourth-order valence-corrected chi connectivity index (χ4v) is 5.61. The van der Waals surface area contributed by atoms with Gasteiger partial charge in [0.15, 0.2) is 0 Å². The van der Waals surface area contributed by atoms with E-state index in [0.29, 0.717) is 34.7 Å². The van der Waals surface area contributed by atoms with Gasteiger partial charge >= 0.3 is 5.97 Å². The van der Waals surface area contributed by atoms with E-state index in [0.717, 1.165) is 19.3 Å². The van der Waals surface area contributed by atoms with Gasteiger partial charge in [0.1, 0.15) is 5.75 Å². The molecule has 140 valence electrons. The highest BCUT2D eigenvalue weighted by atomic mass is 32.2. The first-order valence-electron chi connectivity index (χ1n) is 8.57. The van der Waals surface area contributed by atoms with Crippen LogP contribution in [-0.2, 0) is 19.6 Å². The molecule has 1 heterocycles. The number of nitrogens with zero attached hydrogens (tertiary/aromatic N) is 1. The third-order valence-electron chi connectivity index (χ3n) is 4.57. The number of carbonyl (C=O) groups excluding carboxylic acids is 1. The number of piperidine rings is 1. The molecule has 0 N–H and O–H groups in total. The molecule has 1 fully saturated rings. The van der Waals surface area contributed by atoms with Crippen LogP contribution in [0.25, 0.3) is 0 Å². The Morgan fingerprint density at radius 1 is 1.24 bits per heavy atom. The van der Waals surface area contributed by atoms with Crippen molar-refractivity contribution in [2.75, 3.05) is 20.3 Å². The van der Waals surface area contributed by atoms with Gasteiger partial charge in [0.05, 0.1) is 18.6 Å². The minimum Gasteiger partial charge on any atom is -0.497 e. The fourth-order valence-electron chi connectivity index (χ4n) is 3.47. The number of ether oxygens (including phenoxy) is 2. The topological polar surface area (TPSA) is 72.9 Å². The molecule has 0 bridgehead atoms. The molecule has 2 rings (SSSR count). The molecule has 0 spiro atoms. The Hall–Kier alpha value is -1.60. The molecule has 25 heavy (non-hydrogen) atoms. The summed E-state index contributed by atoms with van der Waals surface area (Å²) in [7, 11) is -2.04. The molecule has 1 aromatic carbocycles. The second kappa shape index (κ2) is 8.19. The number of hydrogen-bond donors (Lipinski definition) is 0. The summed E-state index contributed by atoms with van der Waals surface area (Å²) < 4.78 is 38.5. The molecule has 6 nitrogen and oxygen atoms in total. The maximum absolute atomic E-state index is 13.3. The number of esters is 1. The minimum absolute atomic E-state index is 0.140. The molecular weight excluding hydrogens is 342 g/mol. The lowest BCUT2D eigenvalue weighted by atomic mass is 10.0. The van der Waals surface area contributed by atoms with Gasteiger partial charge < -0.3 is 9.47 Å². The Labute approximate surface area is 150 Å². The van der Waals surface area contributed by atoms with E-state index in [9.17, 15) is 13.2 Å². The molecule has 1 saturated heterocycles. The van der Waals surface area contributed by atoms with Crippen LogP contribution < -0.4 is 4.74 Å². The molecule has 1 unspecified atom stereocenters. The summed E-state index contributed by atoms with van der Waals surface area (Å²) in [4.78, 5) is 11.3. The van der Waals surface area contributed by atoms with Crippen molar-refractivity contribution in [2.45, 2.75) is 57.4 Å². The van der Waals surface area contributed by atoms with E-state index >= 15 is 0 Å². The van der Waals surface area contributed by atoms with Crippen molar-refractivity contribution in [3.63, 3.8) is 0 Å². The standard InChI is InChI=1S/C18H27NO5S/c1-13-11-17(23-4)12-14(2)18(13)25(21,22)19-9-6-5-7-16(19)8-10-24-15(3)20/h11-12,16H,5-10H2,1-4H3. The monoisotopic (exact) mass is 369 g/mol. The van der Waals surface area contributed by atoms with E-state index in [1.165, 1.54) is 6.92 Å². The summed E-state index contributed by atoms with van der Waals surface area (Å²) in [5, 5.41) is 0.